The zero-order valence-corrected chi connectivity index (χ0v) is 14.4. The van der Waals surface area contributed by atoms with Gasteiger partial charge in [-0.25, -0.2) is 9.37 Å². The molecule has 24 heavy (non-hydrogen) atoms. The van der Waals surface area contributed by atoms with Crippen molar-refractivity contribution in [1.29, 1.82) is 0 Å². The van der Waals surface area contributed by atoms with Crippen molar-refractivity contribution in [1.82, 2.24) is 15.2 Å². The highest BCUT2D eigenvalue weighted by Gasteiger charge is 2.25. The van der Waals surface area contributed by atoms with Crippen LogP contribution in [-0.2, 0) is 13.0 Å². The number of hydrogen-bond donors (Lipinski definition) is 1. The summed E-state index contributed by atoms with van der Waals surface area (Å²) in [7, 11) is 0. The first-order valence-corrected chi connectivity index (χ1v) is 9.47. The summed E-state index contributed by atoms with van der Waals surface area (Å²) in [6, 6.07) is 5.58. The van der Waals surface area contributed by atoms with E-state index in [2.05, 4.69) is 20.6 Å². The van der Waals surface area contributed by atoms with Crippen LogP contribution in [0.5, 0.6) is 5.75 Å². The molecule has 2 aliphatic heterocycles. The first-order valence-electron chi connectivity index (χ1n) is 8.53. The van der Waals surface area contributed by atoms with E-state index in [-0.39, 0.29) is 11.9 Å². The molecule has 4 rings (SSSR count). The first-order chi connectivity index (χ1) is 11.8. The van der Waals surface area contributed by atoms with Crippen LogP contribution >= 0.6 is 11.3 Å². The number of nitrogens with one attached hydrogen (secondary N) is 1. The number of piperidine rings is 1. The molecule has 1 fully saturated rings. The number of thiazole rings is 1. The number of ether oxygens (including phenoxy) is 1. The maximum absolute atomic E-state index is 13.4. The van der Waals surface area contributed by atoms with Crippen LogP contribution in [0.1, 0.15) is 24.1 Å². The average Bonchev–Trinajstić information content (AvgIpc) is 3.09. The van der Waals surface area contributed by atoms with E-state index in [1.54, 1.807) is 23.5 Å². The van der Waals surface area contributed by atoms with E-state index in [1.165, 1.54) is 11.8 Å². The molecule has 2 aromatic rings. The van der Waals surface area contributed by atoms with Crippen molar-refractivity contribution in [2.24, 2.45) is 0 Å². The molecule has 0 spiro atoms. The van der Waals surface area contributed by atoms with E-state index >= 15 is 0 Å². The zero-order valence-electron chi connectivity index (χ0n) is 13.6. The molecule has 4 nitrogen and oxygen atoms in total. The van der Waals surface area contributed by atoms with Crippen molar-refractivity contribution in [2.45, 2.75) is 37.9 Å². The third-order valence-corrected chi connectivity index (χ3v) is 5.49. The molecule has 0 bridgehead atoms. The van der Waals surface area contributed by atoms with Gasteiger partial charge in [-0.05, 0) is 43.0 Å². The summed E-state index contributed by atoms with van der Waals surface area (Å²) in [5.41, 5.74) is 4.04. The van der Waals surface area contributed by atoms with Crippen LogP contribution in [0.3, 0.4) is 0 Å². The van der Waals surface area contributed by atoms with Crippen LogP contribution in [0.4, 0.5) is 4.39 Å². The third kappa shape index (κ3) is 3.77. The van der Waals surface area contributed by atoms with Gasteiger partial charge in [-0.2, -0.15) is 0 Å². The molecule has 1 atom stereocenters. The molecular formula is C18H22FN3OS. The predicted molar refractivity (Wildman–Crippen MR) is 92.9 cm³/mol. The SMILES string of the molecule is Fc1ccc2c(c1)CC(NC1CCN(Cc3cscn3)CC1)CO2. The Kier molecular flexibility index (Phi) is 4.78. The van der Waals surface area contributed by atoms with Crippen LogP contribution in [0.15, 0.2) is 29.1 Å². The molecule has 1 N–H and O–H groups in total. The average molecular weight is 347 g/mol. The lowest BCUT2D eigenvalue weighted by molar-refractivity contribution is 0.164. The predicted octanol–water partition coefficient (Wildman–Crippen LogP) is 2.84. The second-order valence-corrected chi connectivity index (χ2v) is 7.38. The fourth-order valence-electron chi connectivity index (χ4n) is 3.61. The van der Waals surface area contributed by atoms with E-state index in [1.807, 2.05) is 5.51 Å². The normalized spacial score (nSPS) is 22.1. The zero-order chi connectivity index (χ0) is 16.4. The molecule has 1 aromatic carbocycles. The number of likely N-dealkylation sites (tertiary alicyclic amines) is 1. The van der Waals surface area contributed by atoms with Crippen LogP contribution in [0, 0.1) is 5.82 Å². The lowest BCUT2D eigenvalue weighted by Gasteiger charge is -2.35. The monoisotopic (exact) mass is 347 g/mol. The molecule has 2 aliphatic rings. The van der Waals surface area contributed by atoms with Crippen LogP contribution in [0.25, 0.3) is 0 Å². The maximum atomic E-state index is 13.4. The Hall–Kier alpha value is -1.50. The van der Waals surface area contributed by atoms with E-state index in [4.69, 9.17) is 4.74 Å². The standard InChI is InChI=1S/C18H22FN3OS/c19-14-1-2-18-13(7-14)8-16(10-23-18)21-15-3-5-22(6-4-15)9-17-11-24-12-20-17/h1-2,7,11-12,15-16,21H,3-6,8-10H2. The summed E-state index contributed by atoms with van der Waals surface area (Å²) >= 11 is 1.66. The number of halogens is 1. The molecule has 128 valence electrons. The van der Waals surface area contributed by atoms with Gasteiger partial charge in [-0.15, -0.1) is 11.3 Å². The van der Waals surface area contributed by atoms with Gasteiger partial charge in [-0.3, -0.25) is 4.90 Å². The van der Waals surface area contributed by atoms with Gasteiger partial charge in [0.2, 0.25) is 0 Å². The van der Waals surface area contributed by atoms with Gasteiger partial charge in [0, 0.05) is 37.1 Å². The molecule has 1 aromatic heterocycles. The maximum Gasteiger partial charge on any atom is 0.123 e. The largest absolute Gasteiger partial charge is 0.492 e. The molecule has 0 radical (unpaired) electrons. The lowest BCUT2D eigenvalue weighted by Crippen LogP contribution is -2.49. The van der Waals surface area contributed by atoms with Crippen molar-refractivity contribution in [3.8, 4) is 5.75 Å². The Morgan fingerprint density at radius 3 is 2.96 bits per heavy atom. The number of hydrogen-bond acceptors (Lipinski definition) is 5. The molecule has 0 aliphatic carbocycles. The molecule has 1 unspecified atom stereocenters. The van der Waals surface area contributed by atoms with Gasteiger partial charge >= 0.3 is 0 Å². The summed E-state index contributed by atoms with van der Waals surface area (Å²) in [5.74, 6) is 0.640. The number of benzene rings is 1. The minimum absolute atomic E-state index is 0.187. The summed E-state index contributed by atoms with van der Waals surface area (Å²) in [6.07, 6.45) is 3.11. The molecular weight excluding hydrogens is 325 g/mol. The fraction of sp³-hybridized carbons (Fsp3) is 0.500. The second kappa shape index (κ2) is 7.17. The van der Waals surface area contributed by atoms with Crippen molar-refractivity contribution >= 4 is 11.3 Å². The summed E-state index contributed by atoms with van der Waals surface area (Å²) in [6.45, 7) is 3.80. The van der Waals surface area contributed by atoms with E-state index in [0.717, 1.165) is 50.2 Å². The molecule has 0 amide bonds. The Morgan fingerprint density at radius 1 is 1.29 bits per heavy atom. The van der Waals surface area contributed by atoms with Crippen molar-refractivity contribution in [3.05, 3.63) is 46.2 Å². The summed E-state index contributed by atoms with van der Waals surface area (Å²) in [5, 5.41) is 5.84. The highest BCUT2D eigenvalue weighted by atomic mass is 32.1. The van der Waals surface area contributed by atoms with Crippen molar-refractivity contribution in [2.75, 3.05) is 19.7 Å². The minimum Gasteiger partial charge on any atom is -0.492 e. The van der Waals surface area contributed by atoms with E-state index < -0.39 is 0 Å². The second-order valence-electron chi connectivity index (χ2n) is 6.66. The van der Waals surface area contributed by atoms with Gasteiger partial charge in [0.05, 0.1) is 11.2 Å². The van der Waals surface area contributed by atoms with Gasteiger partial charge < -0.3 is 10.1 Å². The van der Waals surface area contributed by atoms with E-state index in [0.29, 0.717) is 12.6 Å². The van der Waals surface area contributed by atoms with Gasteiger partial charge in [0.1, 0.15) is 18.2 Å². The van der Waals surface area contributed by atoms with Crippen molar-refractivity contribution < 1.29 is 9.13 Å². The Bertz CT molecular complexity index is 671. The lowest BCUT2D eigenvalue weighted by atomic mass is 9.99. The first kappa shape index (κ1) is 16.0. The van der Waals surface area contributed by atoms with Crippen molar-refractivity contribution in [3.63, 3.8) is 0 Å². The highest BCUT2D eigenvalue weighted by Crippen LogP contribution is 2.26. The van der Waals surface area contributed by atoms with Gasteiger partial charge in [0.25, 0.3) is 0 Å². The van der Waals surface area contributed by atoms with Crippen LogP contribution < -0.4 is 10.1 Å². The Morgan fingerprint density at radius 2 is 2.17 bits per heavy atom. The summed E-state index contributed by atoms with van der Waals surface area (Å²) in [4.78, 5) is 6.83. The number of rotatable bonds is 4. The van der Waals surface area contributed by atoms with Gasteiger partial charge in [-0.1, -0.05) is 0 Å². The molecule has 0 saturated carbocycles. The third-order valence-electron chi connectivity index (χ3n) is 4.86. The Labute approximate surface area is 145 Å². The van der Waals surface area contributed by atoms with Crippen LogP contribution in [-0.4, -0.2) is 41.7 Å². The molecule has 3 heterocycles. The smallest absolute Gasteiger partial charge is 0.123 e. The number of aromatic nitrogens is 1. The minimum atomic E-state index is -0.187. The van der Waals surface area contributed by atoms with Crippen LogP contribution in [0.2, 0.25) is 0 Å². The topological polar surface area (TPSA) is 37.4 Å². The quantitative estimate of drug-likeness (QED) is 0.923. The highest BCUT2D eigenvalue weighted by molar-refractivity contribution is 7.07. The fourth-order valence-corrected chi connectivity index (χ4v) is 4.16. The summed E-state index contributed by atoms with van der Waals surface area (Å²) < 4.78 is 19.2. The Balaban J connectivity index is 1.27. The molecule has 6 heteroatoms. The molecule has 1 saturated heterocycles. The number of nitrogens with zero attached hydrogens (tertiary/aromatic N) is 2. The van der Waals surface area contributed by atoms with E-state index in [9.17, 15) is 4.39 Å². The number of fused-ring (bicyclic) bond motifs is 1. The van der Waals surface area contributed by atoms with Gasteiger partial charge in [0.15, 0.2) is 0 Å².